The van der Waals surface area contributed by atoms with E-state index in [1.807, 2.05) is 60.7 Å². The van der Waals surface area contributed by atoms with E-state index in [4.69, 9.17) is 4.74 Å². The number of carboxylic acid groups (broad SMARTS) is 1. The zero-order valence-electron chi connectivity index (χ0n) is 11.5. The monoisotopic (exact) mass is 278 g/mol. The lowest BCUT2D eigenvalue weighted by molar-refractivity contribution is 0.0694. The molecule has 0 aliphatic heterocycles. The van der Waals surface area contributed by atoms with E-state index in [2.05, 4.69) is 0 Å². The van der Waals surface area contributed by atoms with Crippen LogP contribution >= 0.6 is 0 Å². The fourth-order valence-electron chi connectivity index (χ4n) is 2.58. The molecule has 3 nitrogen and oxygen atoms in total. The molecule has 3 aromatic rings. The van der Waals surface area contributed by atoms with Crippen molar-refractivity contribution in [2.45, 2.75) is 0 Å². The second kappa shape index (κ2) is 5.29. The summed E-state index contributed by atoms with van der Waals surface area (Å²) in [5.41, 5.74) is 1.72. The Hall–Kier alpha value is -2.81. The molecule has 0 radical (unpaired) electrons. The van der Waals surface area contributed by atoms with Crippen LogP contribution in [0.4, 0.5) is 0 Å². The molecule has 0 amide bonds. The zero-order valence-corrected chi connectivity index (χ0v) is 11.5. The molecule has 104 valence electrons. The van der Waals surface area contributed by atoms with Gasteiger partial charge in [0.25, 0.3) is 0 Å². The number of methoxy groups -OCH3 is 1. The summed E-state index contributed by atoms with van der Waals surface area (Å²) in [7, 11) is 1.50. The summed E-state index contributed by atoms with van der Waals surface area (Å²) in [5, 5.41) is 11.4. The number of rotatable bonds is 3. The van der Waals surface area contributed by atoms with Gasteiger partial charge in [0.1, 0.15) is 11.3 Å². The Morgan fingerprint density at radius 2 is 1.67 bits per heavy atom. The smallest absolute Gasteiger partial charge is 0.340 e. The van der Waals surface area contributed by atoms with Gasteiger partial charge in [-0.15, -0.1) is 0 Å². The summed E-state index contributed by atoms with van der Waals surface area (Å²) >= 11 is 0. The Morgan fingerprint density at radius 3 is 2.33 bits per heavy atom. The Bertz CT molecular complexity index is 807. The quantitative estimate of drug-likeness (QED) is 0.780. The third-order valence-corrected chi connectivity index (χ3v) is 3.50. The molecular formula is C18H14O3. The average molecular weight is 278 g/mol. The molecule has 3 heteroatoms. The Labute approximate surface area is 122 Å². The molecule has 0 fully saturated rings. The van der Waals surface area contributed by atoms with E-state index < -0.39 is 5.97 Å². The number of hydrogen-bond donors (Lipinski definition) is 1. The molecule has 0 aliphatic rings. The molecule has 3 rings (SSSR count). The minimum absolute atomic E-state index is 0.197. The van der Waals surface area contributed by atoms with E-state index in [1.54, 1.807) is 0 Å². The van der Waals surface area contributed by atoms with Crippen molar-refractivity contribution in [1.82, 2.24) is 0 Å². The Kier molecular flexibility index (Phi) is 3.32. The highest BCUT2D eigenvalue weighted by atomic mass is 16.5. The van der Waals surface area contributed by atoms with Crippen molar-refractivity contribution in [3.8, 4) is 16.9 Å². The lowest BCUT2D eigenvalue weighted by atomic mass is 9.94. The van der Waals surface area contributed by atoms with Crippen LogP contribution in [0, 0.1) is 0 Å². The number of hydrogen-bond acceptors (Lipinski definition) is 2. The van der Waals surface area contributed by atoms with Gasteiger partial charge in [-0.3, -0.25) is 0 Å². The molecule has 0 saturated carbocycles. The average Bonchev–Trinajstić information content (AvgIpc) is 2.53. The van der Waals surface area contributed by atoms with Crippen LogP contribution in [0.3, 0.4) is 0 Å². The summed E-state index contributed by atoms with van der Waals surface area (Å²) in [5.74, 6) is -0.587. The first-order valence-corrected chi connectivity index (χ1v) is 6.61. The fraction of sp³-hybridized carbons (Fsp3) is 0.0556. The van der Waals surface area contributed by atoms with Crippen LogP contribution in [0.15, 0.2) is 60.7 Å². The minimum atomic E-state index is -0.989. The molecular weight excluding hydrogens is 264 g/mol. The number of carbonyl (C=O) groups is 1. The van der Waals surface area contributed by atoms with Gasteiger partial charge < -0.3 is 9.84 Å². The van der Waals surface area contributed by atoms with Crippen molar-refractivity contribution in [3.63, 3.8) is 0 Å². The summed E-state index contributed by atoms with van der Waals surface area (Å²) in [6.07, 6.45) is 0. The fourth-order valence-corrected chi connectivity index (χ4v) is 2.58. The largest absolute Gasteiger partial charge is 0.495 e. The Balaban J connectivity index is 2.43. The van der Waals surface area contributed by atoms with Gasteiger partial charge in [0, 0.05) is 10.9 Å². The predicted molar refractivity (Wildman–Crippen MR) is 82.9 cm³/mol. The highest BCUT2D eigenvalue weighted by Crippen LogP contribution is 2.37. The van der Waals surface area contributed by atoms with Gasteiger partial charge >= 0.3 is 5.97 Å². The van der Waals surface area contributed by atoms with Crippen LogP contribution in [-0.4, -0.2) is 18.2 Å². The molecule has 0 aromatic heterocycles. The highest BCUT2D eigenvalue weighted by Gasteiger charge is 2.20. The van der Waals surface area contributed by atoms with Crippen LogP contribution in [0.1, 0.15) is 10.4 Å². The van der Waals surface area contributed by atoms with Crippen molar-refractivity contribution in [3.05, 3.63) is 66.2 Å². The van der Waals surface area contributed by atoms with Crippen molar-refractivity contribution < 1.29 is 14.6 Å². The van der Waals surface area contributed by atoms with Crippen LogP contribution in [-0.2, 0) is 0 Å². The summed E-state index contributed by atoms with van der Waals surface area (Å²) < 4.78 is 5.40. The highest BCUT2D eigenvalue weighted by molar-refractivity contribution is 6.07. The van der Waals surface area contributed by atoms with Crippen molar-refractivity contribution in [2.75, 3.05) is 7.11 Å². The Morgan fingerprint density at radius 1 is 1.00 bits per heavy atom. The maximum Gasteiger partial charge on any atom is 0.340 e. The maximum atomic E-state index is 11.7. The molecule has 21 heavy (non-hydrogen) atoms. The molecule has 1 N–H and O–H groups in total. The standard InChI is InChI=1S/C18H14O3/c1-21-17-14-10-6-5-9-13(14)11-15(16(17)18(19)20)12-7-3-2-4-8-12/h2-11H,1H3,(H,19,20). The third-order valence-electron chi connectivity index (χ3n) is 3.50. The topological polar surface area (TPSA) is 46.5 Å². The number of carboxylic acids is 1. The van der Waals surface area contributed by atoms with Crippen LogP contribution in [0.5, 0.6) is 5.75 Å². The minimum Gasteiger partial charge on any atom is -0.495 e. The van der Waals surface area contributed by atoms with Gasteiger partial charge in [0.05, 0.1) is 7.11 Å². The van der Waals surface area contributed by atoms with Crippen LogP contribution < -0.4 is 4.74 Å². The van der Waals surface area contributed by atoms with Gasteiger partial charge in [-0.05, 0) is 17.0 Å². The van der Waals surface area contributed by atoms with E-state index in [-0.39, 0.29) is 5.56 Å². The van der Waals surface area contributed by atoms with Gasteiger partial charge in [-0.2, -0.15) is 0 Å². The van der Waals surface area contributed by atoms with Crippen LogP contribution in [0.25, 0.3) is 21.9 Å². The molecule has 0 unspecified atom stereocenters. The normalized spacial score (nSPS) is 10.5. The van der Waals surface area contributed by atoms with E-state index >= 15 is 0 Å². The molecule has 3 aromatic carbocycles. The number of fused-ring (bicyclic) bond motifs is 1. The van der Waals surface area contributed by atoms with Crippen molar-refractivity contribution >= 4 is 16.7 Å². The molecule has 0 spiro atoms. The van der Waals surface area contributed by atoms with Gasteiger partial charge in [0.15, 0.2) is 0 Å². The number of ether oxygens (including phenoxy) is 1. The summed E-state index contributed by atoms with van der Waals surface area (Å²) in [6, 6.07) is 19.0. The van der Waals surface area contributed by atoms with E-state index in [1.165, 1.54) is 7.11 Å². The number of benzene rings is 3. The SMILES string of the molecule is COc1c(C(=O)O)c(-c2ccccc2)cc2ccccc12. The second-order valence-corrected chi connectivity index (χ2v) is 4.72. The van der Waals surface area contributed by atoms with Gasteiger partial charge in [-0.25, -0.2) is 4.79 Å². The molecule has 0 aliphatic carbocycles. The number of aromatic carboxylic acids is 1. The summed E-state index contributed by atoms with van der Waals surface area (Å²) in [4.78, 5) is 11.7. The lowest BCUT2D eigenvalue weighted by Gasteiger charge is -2.14. The first kappa shape index (κ1) is 13.2. The van der Waals surface area contributed by atoms with E-state index in [0.717, 1.165) is 16.3 Å². The third kappa shape index (κ3) is 2.23. The first-order valence-electron chi connectivity index (χ1n) is 6.61. The van der Waals surface area contributed by atoms with Gasteiger partial charge in [0.2, 0.25) is 0 Å². The van der Waals surface area contributed by atoms with E-state index in [9.17, 15) is 9.90 Å². The molecule has 0 heterocycles. The van der Waals surface area contributed by atoms with Crippen molar-refractivity contribution in [2.24, 2.45) is 0 Å². The zero-order chi connectivity index (χ0) is 14.8. The first-order chi connectivity index (χ1) is 10.2. The molecule has 0 bridgehead atoms. The van der Waals surface area contributed by atoms with Gasteiger partial charge in [-0.1, -0.05) is 54.6 Å². The summed E-state index contributed by atoms with van der Waals surface area (Å²) in [6.45, 7) is 0. The molecule has 0 atom stereocenters. The molecule has 0 saturated heterocycles. The maximum absolute atomic E-state index is 11.7. The van der Waals surface area contributed by atoms with Crippen LogP contribution in [0.2, 0.25) is 0 Å². The van der Waals surface area contributed by atoms with Crippen molar-refractivity contribution in [1.29, 1.82) is 0 Å². The lowest BCUT2D eigenvalue weighted by Crippen LogP contribution is -2.04. The van der Waals surface area contributed by atoms with E-state index in [0.29, 0.717) is 11.3 Å². The predicted octanol–water partition coefficient (Wildman–Crippen LogP) is 4.21. The second-order valence-electron chi connectivity index (χ2n) is 4.72.